The van der Waals surface area contributed by atoms with Crippen molar-refractivity contribution in [1.82, 2.24) is 9.97 Å². The van der Waals surface area contributed by atoms with Crippen molar-refractivity contribution in [2.75, 3.05) is 23.8 Å². The first-order valence-corrected chi connectivity index (χ1v) is 9.45. The van der Waals surface area contributed by atoms with Gasteiger partial charge in [-0.25, -0.2) is 4.98 Å². The Labute approximate surface area is 184 Å². The number of alkyl halides is 3. The predicted octanol–water partition coefficient (Wildman–Crippen LogP) is 5.20. The van der Waals surface area contributed by atoms with Crippen molar-refractivity contribution in [1.29, 1.82) is 0 Å². The van der Waals surface area contributed by atoms with Crippen LogP contribution in [-0.4, -0.2) is 39.7 Å². The molecule has 0 bridgehead atoms. The van der Waals surface area contributed by atoms with E-state index in [0.717, 1.165) is 0 Å². The Hall–Kier alpha value is -2.95. The number of hydrogen-bond acceptors (Lipinski definition) is 7. The molecule has 3 rings (SSSR count). The van der Waals surface area contributed by atoms with Crippen molar-refractivity contribution in [3.8, 4) is 22.8 Å². The molecule has 1 heterocycles. The fraction of sp³-hybridized carbons (Fsp3) is 0.158. The molecule has 0 aliphatic rings. The van der Waals surface area contributed by atoms with E-state index in [0.29, 0.717) is 11.3 Å². The lowest BCUT2D eigenvalue weighted by Crippen LogP contribution is -2.17. The number of phenolic OH excluding ortho intramolecular Hbond substituents is 1. The van der Waals surface area contributed by atoms with Gasteiger partial charge in [0.25, 0.3) is 0 Å². The third kappa shape index (κ3) is 6.27. The second-order valence-electron chi connectivity index (χ2n) is 6.10. The molecule has 0 aliphatic carbocycles. The molecule has 0 radical (unpaired) electrons. The fourth-order valence-corrected chi connectivity index (χ4v) is 3.03. The van der Waals surface area contributed by atoms with Crippen molar-refractivity contribution < 1.29 is 28.1 Å². The smallest absolute Gasteiger partial charge is 0.505 e. The summed E-state index contributed by atoms with van der Waals surface area (Å²) in [5.74, 6) is -0.304. The van der Waals surface area contributed by atoms with E-state index >= 15 is 0 Å². The molecule has 4 N–H and O–H groups in total. The van der Waals surface area contributed by atoms with Crippen molar-refractivity contribution in [3.05, 3.63) is 52.5 Å². The summed E-state index contributed by atoms with van der Waals surface area (Å²) >= 11 is 11.9. The van der Waals surface area contributed by atoms with Gasteiger partial charge in [0.05, 0.1) is 22.3 Å². The largest absolute Gasteiger partial charge is 0.573 e. The van der Waals surface area contributed by atoms with Crippen LogP contribution in [0.25, 0.3) is 11.3 Å². The molecule has 164 valence electrons. The van der Waals surface area contributed by atoms with E-state index in [9.17, 15) is 18.3 Å². The Morgan fingerprint density at radius 2 is 1.74 bits per heavy atom. The number of rotatable bonds is 7. The zero-order valence-electron chi connectivity index (χ0n) is 15.5. The van der Waals surface area contributed by atoms with E-state index in [1.807, 2.05) is 0 Å². The van der Waals surface area contributed by atoms with Gasteiger partial charge in [-0.2, -0.15) is 4.98 Å². The molecule has 1 aromatic heterocycles. The standard InChI is InChI=1S/C19H15Cl2F3N4O3/c20-13-7-11(8-14(21)17(13)30)26-16-9-15(27-18(28-16)25-4-5-29)10-2-1-3-12(6-10)31-19(22,23)24/h1-3,6-9,29-30H,4-5H2,(H2,25,26,27,28). The van der Waals surface area contributed by atoms with Crippen LogP contribution < -0.4 is 15.4 Å². The highest BCUT2D eigenvalue weighted by Crippen LogP contribution is 2.36. The molecule has 12 heteroatoms. The minimum atomic E-state index is -4.83. The van der Waals surface area contributed by atoms with Crippen molar-refractivity contribution in [3.63, 3.8) is 0 Å². The van der Waals surface area contributed by atoms with Crippen LogP contribution in [0.4, 0.5) is 30.6 Å². The molecule has 0 unspecified atom stereocenters. The molecule has 2 aromatic carbocycles. The molecule has 31 heavy (non-hydrogen) atoms. The van der Waals surface area contributed by atoms with Gasteiger partial charge in [-0.3, -0.25) is 0 Å². The van der Waals surface area contributed by atoms with E-state index < -0.39 is 12.1 Å². The van der Waals surface area contributed by atoms with Gasteiger partial charge in [0.2, 0.25) is 5.95 Å². The van der Waals surface area contributed by atoms with Crippen LogP contribution in [0.5, 0.6) is 11.5 Å². The molecule has 0 aliphatic heterocycles. The van der Waals surface area contributed by atoms with Gasteiger partial charge < -0.3 is 25.6 Å². The van der Waals surface area contributed by atoms with E-state index in [4.69, 9.17) is 28.3 Å². The average molecular weight is 475 g/mol. The molecule has 0 spiro atoms. The van der Waals surface area contributed by atoms with Crippen LogP contribution in [0, 0.1) is 0 Å². The second kappa shape index (κ2) is 9.46. The quantitative estimate of drug-likeness (QED) is 0.349. The first-order chi connectivity index (χ1) is 14.6. The van der Waals surface area contributed by atoms with Crippen molar-refractivity contribution in [2.45, 2.75) is 6.36 Å². The molecule has 0 amide bonds. The number of ether oxygens (including phenoxy) is 1. The maximum atomic E-state index is 12.5. The zero-order chi connectivity index (χ0) is 22.6. The van der Waals surface area contributed by atoms with Crippen LogP contribution in [0.15, 0.2) is 42.5 Å². The average Bonchev–Trinajstić information content (AvgIpc) is 2.69. The highest BCUT2D eigenvalue weighted by Gasteiger charge is 2.31. The molecule has 0 saturated carbocycles. The van der Waals surface area contributed by atoms with Crippen LogP contribution in [-0.2, 0) is 0 Å². The fourth-order valence-electron chi connectivity index (χ4n) is 2.54. The highest BCUT2D eigenvalue weighted by atomic mass is 35.5. The lowest BCUT2D eigenvalue weighted by Gasteiger charge is -2.13. The van der Waals surface area contributed by atoms with E-state index in [1.54, 1.807) is 6.07 Å². The van der Waals surface area contributed by atoms with Crippen molar-refractivity contribution >= 4 is 40.7 Å². The molecule has 0 atom stereocenters. The summed E-state index contributed by atoms with van der Waals surface area (Å²) in [7, 11) is 0. The Bertz CT molecular complexity index is 1060. The Balaban J connectivity index is 1.98. The lowest BCUT2D eigenvalue weighted by molar-refractivity contribution is -0.274. The molecule has 3 aromatic rings. The summed E-state index contributed by atoms with van der Waals surface area (Å²) in [5, 5.41) is 24.5. The molecule has 0 saturated heterocycles. The number of benzene rings is 2. The number of phenols is 1. The van der Waals surface area contributed by atoms with E-state index in [1.165, 1.54) is 36.4 Å². The molecule has 0 fully saturated rings. The summed E-state index contributed by atoms with van der Waals surface area (Å²) in [4.78, 5) is 8.52. The van der Waals surface area contributed by atoms with Gasteiger partial charge in [0.15, 0.2) is 5.75 Å². The molecular formula is C19H15Cl2F3N4O3. The number of aliphatic hydroxyl groups is 1. The topological polar surface area (TPSA) is 99.5 Å². The third-order valence-corrected chi connectivity index (χ3v) is 4.35. The van der Waals surface area contributed by atoms with Gasteiger partial charge >= 0.3 is 6.36 Å². The summed E-state index contributed by atoms with van der Waals surface area (Å²) in [6, 6.07) is 9.63. The minimum Gasteiger partial charge on any atom is -0.505 e. The first kappa shape index (κ1) is 22.7. The van der Waals surface area contributed by atoms with E-state index in [-0.39, 0.29) is 46.4 Å². The summed E-state index contributed by atoms with van der Waals surface area (Å²) in [5.41, 5.74) is 1.02. The summed E-state index contributed by atoms with van der Waals surface area (Å²) in [6.45, 7) is -0.0363. The maximum Gasteiger partial charge on any atom is 0.573 e. The van der Waals surface area contributed by atoms with Gasteiger partial charge in [-0.15, -0.1) is 13.2 Å². The van der Waals surface area contributed by atoms with Crippen LogP contribution in [0.2, 0.25) is 10.0 Å². The molecule has 7 nitrogen and oxygen atoms in total. The van der Waals surface area contributed by atoms with Crippen molar-refractivity contribution in [2.24, 2.45) is 0 Å². The van der Waals surface area contributed by atoms with Crippen LogP contribution in [0.1, 0.15) is 0 Å². The maximum absolute atomic E-state index is 12.5. The number of aliphatic hydroxyl groups excluding tert-OH is 1. The molecular weight excluding hydrogens is 460 g/mol. The summed E-state index contributed by atoms with van der Waals surface area (Å²) < 4.78 is 41.6. The van der Waals surface area contributed by atoms with Gasteiger partial charge in [-0.05, 0) is 24.3 Å². The number of halogens is 5. The van der Waals surface area contributed by atoms with E-state index in [2.05, 4.69) is 25.3 Å². The zero-order valence-corrected chi connectivity index (χ0v) is 17.1. The van der Waals surface area contributed by atoms with Crippen LogP contribution in [0.3, 0.4) is 0 Å². The lowest BCUT2D eigenvalue weighted by atomic mass is 10.1. The normalized spacial score (nSPS) is 11.3. The van der Waals surface area contributed by atoms with Gasteiger partial charge in [-0.1, -0.05) is 35.3 Å². The van der Waals surface area contributed by atoms with Gasteiger partial charge in [0.1, 0.15) is 11.6 Å². The SMILES string of the molecule is OCCNc1nc(Nc2cc(Cl)c(O)c(Cl)c2)cc(-c2cccc(OC(F)(F)F)c2)n1. The number of anilines is 3. The number of hydrogen-bond donors (Lipinski definition) is 4. The first-order valence-electron chi connectivity index (χ1n) is 8.69. The Kier molecular flexibility index (Phi) is 6.94. The monoisotopic (exact) mass is 474 g/mol. The summed E-state index contributed by atoms with van der Waals surface area (Å²) in [6.07, 6.45) is -4.83. The number of nitrogens with zero attached hydrogens (tertiary/aromatic N) is 2. The number of aromatic nitrogens is 2. The third-order valence-electron chi connectivity index (χ3n) is 3.77. The Morgan fingerprint density at radius 1 is 1.03 bits per heavy atom. The highest BCUT2D eigenvalue weighted by molar-refractivity contribution is 6.37. The number of nitrogens with one attached hydrogen (secondary N) is 2. The second-order valence-corrected chi connectivity index (χ2v) is 6.92. The predicted molar refractivity (Wildman–Crippen MR) is 111 cm³/mol. The Morgan fingerprint density at radius 3 is 2.39 bits per heavy atom. The van der Waals surface area contributed by atoms with Gasteiger partial charge in [0, 0.05) is 23.9 Å². The van der Waals surface area contributed by atoms with Crippen LogP contribution >= 0.6 is 23.2 Å². The minimum absolute atomic E-state index is 0.0138. The number of aromatic hydroxyl groups is 1.